The predicted molar refractivity (Wildman–Crippen MR) is 174 cm³/mol. The van der Waals surface area contributed by atoms with Gasteiger partial charge in [-0.3, -0.25) is 4.79 Å². The third kappa shape index (κ3) is 9.38. The number of hydrogen-bond acceptors (Lipinski definition) is 1. The molecule has 1 nitrogen and oxygen atoms in total. The molecule has 203 valence electrons. The normalized spacial score (nSPS) is 9.90. The van der Waals surface area contributed by atoms with E-state index in [1.54, 1.807) is 0 Å². The van der Waals surface area contributed by atoms with E-state index >= 15 is 0 Å². The van der Waals surface area contributed by atoms with Gasteiger partial charge in [-0.05, 0) is 0 Å². The van der Waals surface area contributed by atoms with Gasteiger partial charge in [-0.25, -0.2) is 0 Å². The Morgan fingerprint density at radius 2 is 0.390 bits per heavy atom. The minimum atomic E-state index is -1.39. The van der Waals surface area contributed by atoms with Gasteiger partial charge in [0, 0.05) is 19.5 Å². The Balaban J connectivity index is 0.000000208. The van der Waals surface area contributed by atoms with Crippen LogP contribution in [0.1, 0.15) is 0 Å². The molecule has 0 bridgehead atoms. The van der Waals surface area contributed by atoms with Crippen molar-refractivity contribution in [3.8, 4) is 0 Å². The van der Waals surface area contributed by atoms with Gasteiger partial charge >= 0.3 is 237 Å². The second-order valence-corrected chi connectivity index (χ2v) is 18.0. The number of carbonyl (C=O) groups excluding carboxylic acids is 1. The average Bonchev–Trinajstić information content (AvgIpc) is 3.06. The average molecular weight is 743 g/mol. The number of rotatable bonds is 6. The number of benzene rings is 6. The molecule has 0 heterocycles. The molecule has 0 aliphatic heterocycles. The molecule has 3 radical (unpaired) electrons. The van der Waals surface area contributed by atoms with Crippen LogP contribution in [0.15, 0.2) is 182 Å². The van der Waals surface area contributed by atoms with Gasteiger partial charge in [0.1, 0.15) is 0 Å². The van der Waals surface area contributed by atoms with Crippen LogP contribution < -0.4 is 26.1 Å². The van der Waals surface area contributed by atoms with Crippen LogP contribution in [0.25, 0.3) is 0 Å². The molecule has 0 amide bonds. The van der Waals surface area contributed by atoms with Gasteiger partial charge in [-0.1, -0.05) is 0 Å². The summed E-state index contributed by atoms with van der Waals surface area (Å²) in [6, 6.07) is 65.4. The second kappa shape index (κ2) is 18.2. The van der Waals surface area contributed by atoms with Gasteiger partial charge < -0.3 is 0 Å². The van der Waals surface area contributed by atoms with Crippen LogP contribution in [-0.2, 0) is 24.3 Å². The molecule has 41 heavy (non-hydrogen) atoms. The SMILES string of the molecule is [C]=O.[Rh].c1ccc([As](c2ccccc2)c2ccccc2)cc1.c1ccc([As](c2ccccc2)c2ccccc2)cc1. The first-order valence-corrected chi connectivity index (χ1v) is 18.6. The first kappa shape index (κ1) is 32.2. The van der Waals surface area contributed by atoms with E-state index in [0.29, 0.717) is 0 Å². The molecule has 6 aromatic rings. The molecule has 0 aliphatic rings. The molecule has 0 aromatic heterocycles. The topological polar surface area (TPSA) is 17.1 Å². The summed E-state index contributed by atoms with van der Waals surface area (Å²) >= 11 is -2.78. The predicted octanol–water partition coefficient (Wildman–Crippen LogP) is 4.01. The maximum atomic E-state index is 7.50. The van der Waals surface area contributed by atoms with Crippen molar-refractivity contribution in [1.82, 2.24) is 0 Å². The molecule has 4 heteroatoms. The Kier molecular flexibility index (Phi) is 14.3. The molecule has 0 fully saturated rings. The molecule has 0 aliphatic carbocycles. The molecule has 0 spiro atoms. The zero-order valence-electron chi connectivity index (χ0n) is 22.5. The van der Waals surface area contributed by atoms with E-state index in [1.165, 1.54) is 26.1 Å². The molecular weight excluding hydrogens is 713 g/mol. The van der Waals surface area contributed by atoms with Crippen molar-refractivity contribution in [3.05, 3.63) is 182 Å². The van der Waals surface area contributed by atoms with Crippen molar-refractivity contribution in [1.29, 1.82) is 0 Å². The van der Waals surface area contributed by atoms with Crippen LogP contribution in [0.4, 0.5) is 0 Å². The summed E-state index contributed by atoms with van der Waals surface area (Å²) in [7, 11) is 0. The Morgan fingerprint density at radius 1 is 0.268 bits per heavy atom. The van der Waals surface area contributed by atoms with Gasteiger partial charge in [0.25, 0.3) is 6.79 Å². The third-order valence-corrected chi connectivity index (χ3v) is 16.3. The van der Waals surface area contributed by atoms with Crippen LogP contribution in [0.3, 0.4) is 0 Å². The van der Waals surface area contributed by atoms with Crippen molar-refractivity contribution in [2.75, 3.05) is 0 Å². The molecule has 0 saturated carbocycles. The Labute approximate surface area is 266 Å². The Morgan fingerprint density at radius 3 is 0.512 bits per heavy atom. The summed E-state index contributed by atoms with van der Waals surface area (Å²) in [4.78, 5) is 7.50. The fourth-order valence-electron chi connectivity index (χ4n) is 4.36. The molecule has 0 N–H and O–H groups in total. The van der Waals surface area contributed by atoms with Crippen molar-refractivity contribution in [3.63, 3.8) is 0 Å². The Bertz CT molecular complexity index is 1200. The van der Waals surface area contributed by atoms with Crippen molar-refractivity contribution in [2.24, 2.45) is 0 Å². The first-order valence-electron chi connectivity index (χ1n) is 13.0. The van der Waals surface area contributed by atoms with Crippen LogP contribution in [0.2, 0.25) is 0 Å². The molecular formula is C37H30As2ORh. The summed E-state index contributed by atoms with van der Waals surface area (Å²) in [5, 5.41) is 0. The van der Waals surface area contributed by atoms with Crippen LogP contribution in [0, 0.1) is 0 Å². The summed E-state index contributed by atoms with van der Waals surface area (Å²) < 4.78 is 8.87. The molecule has 0 saturated heterocycles. The Hall–Kier alpha value is -3.27. The summed E-state index contributed by atoms with van der Waals surface area (Å²) in [5.41, 5.74) is 0. The van der Waals surface area contributed by atoms with Crippen molar-refractivity contribution in [2.45, 2.75) is 0 Å². The standard InChI is InChI=1S/2C18H15As.CO.Rh/c2*1-4-10-16(11-5-1)19(17-12-6-2-7-13-17)18-14-8-3-9-15-18;1-2;/h2*1-15H;;. The fourth-order valence-corrected chi connectivity index (χ4v) is 14.0. The second-order valence-electron chi connectivity index (χ2n) is 8.68. The quantitative estimate of drug-likeness (QED) is 0.236. The van der Waals surface area contributed by atoms with Crippen molar-refractivity contribution >= 4 is 62.2 Å². The van der Waals surface area contributed by atoms with Crippen LogP contribution >= 0.6 is 0 Å². The van der Waals surface area contributed by atoms with Gasteiger partial charge in [0.05, 0.1) is 0 Å². The van der Waals surface area contributed by atoms with E-state index in [9.17, 15) is 0 Å². The summed E-state index contributed by atoms with van der Waals surface area (Å²) in [6.45, 7) is 4.50. The number of hydrogen-bond donors (Lipinski definition) is 0. The zero-order valence-corrected chi connectivity index (χ0v) is 27.8. The molecule has 6 rings (SSSR count). The zero-order chi connectivity index (χ0) is 27.8. The van der Waals surface area contributed by atoms with E-state index in [4.69, 9.17) is 4.79 Å². The minimum absolute atomic E-state index is 0. The first-order chi connectivity index (χ1) is 19.9. The summed E-state index contributed by atoms with van der Waals surface area (Å²) in [6.07, 6.45) is 0. The van der Waals surface area contributed by atoms with Crippen LogP contribution in [0.5, 0.6) is 0 Å². The molecule has 6 aromatic carbocycles. The van der Waals surface area contributed by atoms with E-state index in [1.807, 2.05) is 0 Å². The van der Waals surface area contributed by atoms with Gasteiger partial charge in [-0.2, -0.15) is 0 Å². The van der Waals surface area contributed by atoms with E-state index in [0.717, 1.165) is 0 Å². The maximum absolute atomic E-state index is 7.50. The van der Waals surface area contributed by atoms with E-state index in [-0.39, 0.29) is 19.5 Å². The van der Waals surface area contributed by atoms with Gasteiger partial charge in [-0.15, -0.1) is 0 Å². The van der Waals surface area contributed by atoms with E-state index < -0.39 is 29.3 Å². The summed E-state index contributed by atoms with van der Waals surface area (Å²) in [5.74, 6) is 0. The van der Waals surface area contributed by atoms with Crippen LogP contribution in [-0.4, -0.2) is 36.1 Å². The fraction of sp³-hybridized carbons (Fsp3) is 0. The molecule has 0 atom stereocenters. The monoisotopic (exact) mass is 743 g/mol. The van der Waals surface area contributed by atoms with Gasteiger partial charge in [0.15, 0.2) is 0 Å². The van der Waals surface area contributed by atoms with Gasteiger partial charge in [0.2, 0.25) is 0 Å². The van der Waals surface area contributed by atoms with Crippen molar-refractivity contribution < 1.29 is 24.3 Å². The third-order valence-electron chi connectivity index (χ3n) is 6.09. The molecule has 0 unspecified atom stereocenters. The van der Waals surface area contributed by atoms with E-state index in [2.05, 4.69) is 189 Å².